The highest BCUT2D eigenvalue weighted by molar-refractivity contribution is 5.87. The van der Waals surface area contributed by atoms with Crippen molar-refractivity contribution >= 4 is 11.8 Å². The normalized spacial score (nSPS) is 10.7. The number of carboxylic acid groups (broad SMARTS) is 1. The van der Waals surface area contributed by atoms with E-state index in [1.807, 2.05) is 30.1 Å². The molecule has 2 aromatic rings. The number of aromatic nitrogens is 2. The van der Waals surface area contributed by atoms with E-state index in [0.29, 0.717) is 18.0 Å². The van der Waals surface area contributed by atoms with Crippen LogP contribution < -0.4 is 4.90 Å². The lowest BCUT2D eigenvalue weighted by Gasteiger charge is -2.19. The van der Waals surface area contributed by atoms with E-state index in [-0.39, 0.29) is 0 Å². The Balaban J connectivity index is 2.12. The van der Waals surface area contributed by atoms with Crippen molar-refractivity contribution in [2.24, 2.45) is 0 Å². The molecule has 1 N–H and O–H groups in total. The number of carbonyl (C=O) groups is 1. The summed E-state index contributed by atoms with van der Waals surface area (Å²) in [6.07, 6.45) is 1.58. The summed E-state index contributed by atoms with van der Waals surface area (Å²) in [5.74, 6) is 0.304. The number of benzene rings is 1. The molecule has 0 aliphatic rings. The summed E-state index contributed by atoms with van der Waals surface area (Å²) in [7, 11) is 1.96. The Morgan fingerprint density at radius 2 is 1.90 bits per heavy atom. The minimum atomic E-state index is -0.910. The summed E-state index contributed by atoms with van der Waals surface area (Å²) >= 11 is 0. The molecule has 2 rings (SSSR count). The van der Waals surface area contributed by atoms with Crippen molar-refractivity contribution in [3.05, 3.63) is 53.5 Å². The Labute approximate surface area is 124 Å². The van der Waals surface area contributed by atoms with Crippen molar-refractivity contribution in [1.29, 1.82) is 0 Å². The van der Waals surface area contributed by atoms with Crippen LogP contribution in [0.5, 0.6) is 0 Å². The van der Waals surface area contributed by atoms with Crippen molar-refractivity contribution in [3.8, 4) is 0 Å². The molecule has 5 heteroatoms. The van der Waals surface area contributed by atoms with E-state index in [1.165, 1.54) is 0 Å². The number of carboxylic acids is 1. The van der Waals surface area contributed by atoms with E-state index in [0.717, 1.165) is 17.1 Å². The molecular formula is C16H19N3O2. The zero-order valence-corrected chi connectivity index (χ0v) is 12.4. The summed E-state index contributed by atoms with van der Waals surface area (Å²) < 4.78 is 0. The molecule has 0 fully saturated rings. The van der Waals surface area contributed by atoms with Crippen LogP contribution in [0.3, 0.4) is 0 Å². The number of hydrogen-bond donors (Lipinski definition) is 1. The fourth-order valence-electron chi connectivity index (χ4n) is 1.99. The van der Waals surface area contributed by atoms with Crippen LogP contribution in [0.4, 0.5) is 5.82 Å². The highest BCUT2D eigenvalue weighted by Crippen LogP contribution is 2.18. The van der Waals surface area contributed by atoms with E-state index in [1.54, 1.807) is 18.5 Å². The molecule has 0 spiro atoms. The Hall–Kier alpha value is -2.43. The van der Waals surface area contributed by atoms with Gasteiger partial charge in [0.25, 0.3) is 0 Å². The lowest BCUT2D eigenvalue weighted by Crippen LogP contribution is -2.18. The molecule has 110 valence electrons. The third-order valence-electron chi connectivity index (χ3n) is 3.28. The second-order valence-corrected chi connectivity index (χ2v) is 5.31. The van der Waals surface area contributed by atoms with Gasteiger partial charge >= 0.3 is 5.97 Å². The Morgan fingerprint density at radius 3 is 2.48 bits per heavy atom. The van der Waals surface area contributed by atoms with E-state index < -0.39 is 5.97 Å². The monoisotopic (exact) mass is 285 g/mol. The van der Waals surface area contributed by atoms with Crippen LogP contribution in [-0.4, -0.2) is 28.1 Å². The number of rotatable bonds is 5. The Morgan fingerprint density at radius 1 is 1.24 bits per heavy atom. The lowest BCUT2D eigenvalue weighted by molar-refractivity contribution is 0.0697. The zero-order chi connectivity index (χ0) is 15.4. The van der Waals surface area contributed by atoms with Crippen LogP contribution in [0, 0.1) is 0 Å². The quantitative estimate of drug-likeness (QED) is 0.915. The highest BCUT2D eigenvalue weighted by atomic mass is 16.4. The minimum absolute atomic E-state index is 0.297. The molecule has 5 nitrogen and oxygen atoms in total. The third-order valence-corrected chi connectivity index (χ3v) is 3.28. The van der Waals surface area contributed by atoms with Gasteiger partial charge in [0.2, 0.25) is 0 Å². The first kappa shape index (κ1) is 15.0. The van der Waals surface area contributed by atoms with Crippen LogP contribution in [0.1, 0.15) is 41.4 Å². The standard InChI is InChI=1S/C16H19N3O2/c1-11(2)14-8-15(18-10-17-14)19(3)9-12-4-6-13(7-5-12)16(20)21/h4-8,10-11H,9H2,1-3H3,(H,20,21). The van der Waals surface area contributed by atoms with Gasteiger partial charge in [0.15, 0.2) is 0 Å². The van der Waals surface area contributed by atoms with Gasteiger partial charge in [0.05, 0.1) is 5.56 Å². The molecule has 0 aliphatic heterocycles. The van der Waals surface area contributed by atoms with E-state index >= 15 is 0 Å². The molecule has 0 aliphatic carbocycles. The largest absolute Gasteiger partial charge is 0.478 e. The fourth-order valence-corrected chi connectivity index (χ4v) is 1.99. The van der Waals surface area contributed by atoms with E-state index in [9.17, 15) is 4.79 Å². The van der Waals surface area contributed by atoms with Gasteiger partial charge in [-0.1, -0.05) is 26.0 Å². The summed E-state index contributed by atoms with van der Waals surface area (Å²) in [4.78, 5) is 21.4. The summed E-state index contributed by atoms with van der Waals surface area (Å²) in [5, 5.41) is 8.89. The lowest BCUT2D eigenvalue weighted by atomic mass is 10.1. The van der Waals surface area contributed by atoms with Crippen LogP contribution in [0.25, 0.3) is 0 Å². The first-order chi connectivity index (χ1) is 9.97. The maximum absolute atomic E-state index is 10.8. The second-order valence-electron chi connectivity index (χ2n) is 5.31. The van der Waals surface area contributed by atoms with Crippen LogP contribution >= 0.6 is 0 Å². The average molecular weight is 285 g/mol. The maximum Gasteiger partial charge on any atom is 0.335 e. The topological polar surface area (TPSA) is 66.3 Å². The van der Waals surface area contributed by atoms with Gasteiger partial charge in [-0.05, 0) is 23.6 Å². The first-order valence-electron chi connectivity index (χ1n) is 6.82. The van der Waals surface area contributed by atoms with Crippen molar-refractivity contribution in [2.45, 2.75) is 26.3 Å². The van der Waals surface area contributed by atoms with Crippen molar-refractivity contribution < 1.29 is 9.90 Å². The summed E-state index contributed by atoms with van der Waals surface area (Å²) in [6, 6.07) is 8.86. The minimum Gasteiger partial charge on any atom is -0.478 e. The van der Waals surface area contributed by atoms with Gasteiger partial charge in [0.1, 0.15) is 12.1 Å². The van der Waals surface area contributed by atoms with Gasteiger partial charge in [-0.3, -0.25) is 0 Å². The Bertz CT molecular complexity index is 624. The molecule has 1 heterocycles. The molecule has 21 heavy (non-hydrogen) atoms. The van der Waals surface area contributed by atoms with E-state index in [2.05, 4.69) is 23.8 Å². The van der Waals surface area contributed by atoms with Gasteiger partial charge in [-0.2, -0.15) is 0 Å². The smallest absolute Gasteiger partial charge is 0.335 e. The summed E-state index contributed by atoms with van der Waals surface area (Å²) in [5.41, 5.74) is 2.34. The molecular weight excluding hydrogens is 266 g/mol. The van der Waals surface area contributed by atoms with Gasteiger partial charge in [0, 0.05) is 25.4 Å². The van der Waals surface area contributed by atoms with Crippen LogP contribution in [0.15, 0.2) is 36.7 Å². The van der Waals surface area contributed by atoms with Crippen LogP contribution in [-0.2, 0) is 6.54 Å². The molecule has 0 bridgehead atoms. The summed E-state index contributed by atoms with van der Waals surface area (Å²) in [6.45, 7) is 4.85. The van der Waals surface area contributed by atoms with Gasteiger partial charge < -0.3 is 10.0 Å². The van der Waals surface area contributed by atoms with Gasteiger partial charge in [-0.25, -0.2) is 14.8 Å². The predicted molar refractivity (Wildman–Crippen MR) is 81.6 cm³/mol. The molecule has 0 unspecified atom stereocenters. The maximum atomic E-state index is 10.8. The highest BCUT2D eigenvalue weighted by Gasteiger charge is 2.08. The Kier molecular flexibility index (Phi) is 4.52. The molecule has 0 saturated heterocycles. The predicted octanol–water partition coefficient (Wildman–Crippen LogP) is 2.93. The number of nitrogens with zero attached hydrogens (tertiary/aromatic N) is 3. The average Bonchev–Trinajstić information content (AvgIpc) is 2.48. The number of aromatic carboxylic acids is 1. The molecule has 1 aromatic heterocycles. The van der Waals surface area contributed by atoms with Crippen molar-refractivity contribution in [2.75, 3.05) is 11.9 Å². The SMILES string of the molecule is CC(C)c1cc(N(C)Cc2ccc(C(=O)O)cc2)ncn1. The second kappa shape index (κ2) is 6.35. The molecule has 0 amide bonds. The fraction of sp³-hybridized carbons (Fsp3) is 0.312. The third kappa shape index (κ3) is 3.78. The molecule has 0 radical (unpaired) electrons. The molecule has 0 saturated carbocycles. The van der Waals surface area contributed by atoms with Crippen molar-refractivity contribution in [1.82, 2.24) is 9.97 Å². The van der Waals surface area contributed by atoms with Gasteiger partial charge in [-0.15, -0.1) is 0 Å². The van der Waals surface area contributed by atoms with Crippen molar-refractivity contribution in [3.63, 3.8) is 0 Å². The number of anilines is 1. The molecule has 1 aromatic carbocycles. The van der Waals surface area contributed by atoms with Crippen LogP contribution in [0.2, 0.25) is 0 Å². The molecule has 0 atom stereocenters. The zero-order valence-electron chi connectivity index (χ0n) is 12.4. The number of hydrogen-bond acceptors (Lipinski definition) is 4. The first-order valence-corrected chi connectivity index (χ1v) is 6.82. The van der Waals surface area contributed by atoms with E-state index in [4.69, 9.17) is 5.11 Å².